The molecule has 0 saturated heterocycles. The minimum atomic E-state index is -5.87. The smallest absolute Gasteiger partial charge is 0.411 e. The van der Waals surface area contributed by atoms with Crippen LogP contribution in [-0.2, 0) is 5.41 Å². The highest BCUT2D eigenvalue weighted by molar-refractivity contribution is 5.99. The molecule has 178 valence electrons. The normalized spacial score (nSPS) is 13.4. The number of halogens is 6. The van der Waals surface area contributed by atoms with Crippen molar-refractivity contribution in [2.45, 2.75) is 23.9 Å². The fourth-order valence-electron chi connectivity index (χ4n) is 3.67. The van der Waals surface area contributed by atoms with Crippen molar-refractivity contribution in [2.75, 3.05) is 0 Å². The highest BCUT2D eigenvalue weighted by Crippen LogP contribution is 2.56. The lowest BCUT2D eigenvalue weighted by molar-refractivity contribution is -0.288. The second kappa shape index (κ2) is 8.94. The summed E-state index contributed by atoms with van der Waals surface area (Å²) in [6.45, 7) is 0. The Balaban J connectivity index is 2.12. The van der Waals surface area contributed by atoms with Crippen LogP contribution in [0.2, 0.25) is 0 Å². The SMILES string of the molecule is O=C(O)c1ccc(C(c2ccc(C(=O)C(O)c3ccccc3)cc2)(C(F)(F)F)C(F)(F)F)cc1. The lowest BCUT2D eigenvalue weighted by atomic mass is 9.72. The fourth-order valence-corrected chi connectivity index (χ4v) is 3.67. The maximum atomic E-state index is 14.2. The van der Waals surface area contributed by atoms with Gasteiger partial charge >= 0.3 is 18.3 Å². The zero-order valence-electron chi connectivity index (χ0n) is 17.1. The Kier molecular flexibility index (Phi) is 6.57. The Labute approximate surface area is 189 Å². The zero-order valence-corrected chi connectivity index (χ0v) is 17.1. The molecule has 4 nitrogen and oxygen atoms in total. The van der Waals surface area contributed by atoms with Crippen LogP contribution < -0.4 is 0 Å². The number of hydrogen-bond acceptors (Lipinski definition) is 3. The molecule has 3 aromatic rings. The van der Waals surface area contributed by atoms with Gasteiger partial charge in [0.1, 0.15) is 6.10 Å². The van der Waals surface area contributed by atoms with E-state index >= 15 is 0 Å². The van der Waals surface area contributed by atoms with E-state index in [-0.39, 0.29) is 11.1 Å². The van der Waals surface area contributed by atoms with Crippen molar-refractivity contribution in [2.24, 2.45) is 0 Å². The summed E-state index contributed by atoms with van der Waals surface area (Å²) in [6.07, 6.45) is -13.4. The number of aliphatic hydroxyl groups excluding tert-OH is 1. The van der Waals surface area contributed by atoms with Crippen molar-refractivity contribution in [1.29, 1.82) is 0 Å². The van der Waals surface area contributed by atoms with Gasteiger partial charge in [-0.2, -0.15) is 26.3 Å². The van der Waals surface area contributed by atoms with Crippen LogP contribution in [0.4, 0.5) is 26.3 Å². The van der Waals surface area contributed by atoms with Gasteiger partial charge in [-0.05, 0) is 28.8 Å². The third-order valence-electron chi connectivity index (χ3n) is 5.38. The van der Waals surface area contributed by atoms with Crippen LogP contribution >= 0.6 is 0 Å². The number of carbonyl (C=O) groups excluding carboxylic acids is 1. The predicted octanol–water partition coefficient (Wildman–Crippen LogP) is 5.71. The Hall–Kier alpha value is -3.66. The van der Waals surface area contributed by atoms with Gasteiger partial charge in [-0.3, -0.25) is 4.79 Å². The molecule has 34 heavy (non-hydrogen) atoms. The van der Waals surface area contributed by atoms with Crippen molar-refractivity contribution in [3.8, 4) is 0 Å². The molecule has 0 saturated carbocycles. The molecular formula is C24H16F6O4. The van der Waals surface area contributed by atoms with Crippen molar-refractivity contribution < 1.29 is 46.1 Å². The summed E-state index contributed by atoms with van der Waals surface area (Å²) in [6, 6.07) is 12.4. The van der Waals surface area contributed by atoms with E-state index < -0.39 is 52.3 Å². The summed E-state index contributed by atoms with van der Waals surface area (Å²) in [7, 11) is 0. The van der Waals surface area contributed by atoms with Gasteiger partial charge in [0, 0.05) is 5.56 Å². The molecule has 0 aliphatic rings. The molecule has 2 N–H and O–H groups in total. The quantitative estimate of drug-likeness (QED) is 0.349. The van der Waals surface area contributed by atoms with E-state index in [0.717, 1.165) is 12.1 Å². The largest absolute Gasteiger partial charge is 0.478 e. The van der Waals surface area contributed by atoms with Gasteiger partial charge in [-0.1, -0.05) is 66.7 Å². The van der Waals surface area contributed by atoms with Crippen LogP contribution in [-0.4, -0.2) is 34.3 Å². The van der Waals surface area contributed by atoms with Gasteiger partial charge in [0.05, 0.1) is 5.56 Å². The van der Waals surface area contributed by atoms with Gasteiger partial charge in [-0.15, -0.1) is 0 Å². The first-order chi connectivity index (χ1) is 15.8. The average molecular weight is 482 g/mol. The first-order valence-electron chi connectivity index (χ1n) is 9.65. The second-order valence-electron chi connectivity index (χ2n) is 7.38. The molecule has 0 radical (unpaired) electrons. The molecule has 0 aliphatic carbocycles. The molecule has 1 atom stereocenters. The summed E-state index contributed by atoms with van der Waals surface area (Å²) in [4.78, 5) is 23.5. The molecule has 10 heteroatoms. The van der Waals surface area contributed by atoms with Crippen molar-refractivity contribution in [3.63, 3.8) is 0 Å². The standard InChI is InChI=1S/C24H16F6O4/c25-23(26,27)22(24(28,29)30,18-12-8-16(9-13-18)21(33)34)17-10-6-15(7-11-17)20(32)19(31)14-4-2-1-3-5-14/h1-13,19,31H,(H,33,34). The molecule has 0 amide bonds. The monoisotopic (exact) mass is 482 g/mol. The van der Waals surface area contributed by atoms with Gasteiger partial charge in [0.15, 0.2) is 5.78 Å². The van der Waals surface area contributed by atoms with E-state index in [1.54, 1.807) is 18.2 Å². The first kappa shape index (κ1) is 25.0. The first-order valence-corrected chi connectivity index (χ1v) is 9.65. The number of hydrogen-bond donors (Lipinski definition) is 2. The molecule has 3 aromatic carbocycles. The number of benzene rings is 3. The molecule has 3 rings (SSSR count). The van der Waals surface area contributed by atoms with Crippen molar-refractivity contribution in [1.82, 2.24) is 0 Å². The lowest BCUT2D eigenvalue weighted by Crippen LogP contribution is -2.54. The van der Waals surface area contributed by atoms with E-state index in [1.165, 1.54) is 12.1 Å². The van der Waals surface area contributed by atoms with Gasteiger partial charge in [0.25, 0.3) is 0 Å². The summed E-state index contributed by atoms with van der Waals surface area (Å²) >= 11 is 0. The number of aliphatic hydroxyl groups is 1. The van der Waals surface area contributed by atoms with Crippen LogP contribution in [0.3, 0.4) is 0 Å². The Morgan fingerprint density at radius 3 is 1.44 bits per heavy atom. The van der Waals surface area contributed by atoms with Gasteiger partial charge in [0.2, 0.25) is 5.41 Å². The number of ketones is 1. The van der Waals surface area contributed by atoms with Crippen molar-refractivity contribution >= 4 is 11.8 Å². The molecule has 0 aromatic heterocycles. The Bertz CT molecular complexity index is 1150. The Morgan fingerprint density at radius 1 is 0.647 bits per heavy atom. The third kappa shape index (κ3) is 4.28. The van der Waals surface area contributed by atoms with Crippen LogP contribution in [0.1, 0.15) is 43.5 Å². The zero-order chi connectivity index (χ0) is 25.3. The molecule has 0 aliphatic heterocycles. The number of rotatable bonds is 6. The topological polar surface area (TPSA) is 74.6 Å². The van der Waals surface area contributed by atoms with Gasteiger partial charge in [-0.25, -0.2) is 4.79 Å². The number of Topliss-reactive ketones (excluding diaryl/α,β-unsaturated/α-hetero) is 1. The highest BCUT2D eigenvalue weighted by atomic mass is 19.4. The molecule has 1 unspecified atom stereocenters. The number of aromatic carboxylic acids is 1. The maximum absolute atomic E-state index is 14.2. The summed E-state index contributed by atoms with van der Waals surface area (Å²) in [5.74, 6) is -2.43. The van der Waals surface area contributed by atoms with E-state index in [2.05, 4.69) is 0 Å². The molecule has 0 heterocycles. The van der Waals surface area contributed by atoms with E-state index in [9.17, 15) is 41.0 Å². The van der Waals surface area contributed by atoms with Crippen molar-refractivity contribution in [3.05, 3.63) is 107 Å². The summed E-state index contributed by atoms with van der Waals surface area (Å²) in [5.41, 5.74) is -7.52. The summed E-state index contributed by atoms with van der Waals surface area (Å²) < 4.78 is 85.0. The number of carbonyl (C=O) groups is 2. The molecule has 0 spiro atoms. The molecule has 0 fully saturated rings. The van der Waals surface area contributed by atoms with Gasteiger partial charge < -0.3 is 10.2 Å². The second-order valence-corrected chi connectivity index (χ2v) is 7.38. The van der Waals surface area contributed by atoms with E-state index in [4.69, 9.17) is 5.11 Å². The number of carboxylic acids is 1. The minimum Gasteiger partial charge on any atom is -0.478 e. The van der Waals surface area contributed by atoms with Crippen LogP contribution in [0, 0.1) is 0 Å². The predicted molar refractivity (Wildman–Crippen MR) is 108 cm³/mol. The molecule has 0 bridgehead atoms. The maximum Gasteiger partial charge on any atom is 0.411 e. The summed E-state index contributed by atoms with van der Waals surface area (Å²) in [5, 5.41) is 19.1. The van der Waals surface area contributed by atoms with E-state index in [1.807, 2.05) is 0 Å². The molecular weight excluding hydrogens is 466 g/mol. The number of alkyl halides is 6. The average Bonchev–Trinajstić information content (AvgIpc) is 2.78. The fraction of sp³-hybridized carbons (Fsp3) is 0.167. The van der Waals surface area contributed by atoms with Crippen LogP contribution in [0.15, 0.2) is 78.9 Å². The van der Waals surface area contributed by atoms with Crippen LogP contribution in [0.5, 0.6) is 0 Å². The Morgan fingerprint density at radius 2 is 1.06 bits per heavy atom. The highest BCUT2D eigenvalue weighted by Gasteiger charge is 2.72. The lowest BCUT2D eigenvalue weighted by Gasteiger charge is -2.38. The number of carboxylic acid groups (broad SMARTS) is 1. The third-order valence-corrected chi connectivity index (χ3v) is 5.38. The van der Waals surface area contributed by atoms with E-state index in [0.29, 0.717) is 36.4 Å². The van der Waals surface area contributed by atoms with Crippen LogP contribution in [0.25, 0.3) is 0 Å². The minimum absolute atomic E-state index is 0.204.